The molecule has 0 saturated carbocycles. The van der Waals surface area contributed by atoms with Crippen LogP contribution >= 0.6 is 11.8 Å². The van der Waals surface area contributed by atoms with Gasteiger partial charge in [0.1, 0.15) is 17.3 Å². The Hall–Kier alpha value is -2.75. The molecular formula is C18H14F3N3O3S. The van der Waals surface area contributed by atoms with Gasteiger partial charge in [-0.3, -0.25) is 4.79 Å². The van der Waals surface area contributed by atoms with E-state index in [0.29, 0.717) is 23.9 Å². The van der Waals surface area contributed by atoms with Crippen molar-refractivity contribution in [2.45, 2.75) is 17.5 Å². The number of halogens is 3. The molecule has 3 aromatic rings. The Bertz CT molecular complexity index is 969. The molecule has 3 heterocycles. The lowest BCUT2D eigenvalue weighted by atomic mass is 10.1. The summed E-state index contributed by atoms with van der Waals surface area (Å²) in [5.41, 5.74) is 0.374. The van der Waals surface area contributed by atoms with Crippen LogP contribution in [0.4, 0.5) is 13.2 Å². The molecule has 4 rings (SSSR count). The van der Waals surface area contributed by atoms with Crippen LogP contribution < -0.4 is 4.74 Å². The summed E-state index contributed by atoms with van der Waals surface area (Å²) in [5, 5.41) is 0.413. The molecule has 1 fully saturated rings. The Balaban J connectivity index is 1.26. The average molecular weight is 409 g/mol. The molecule has 6 nitrogen and oxygen atoms in total. The monoisotopic (exact) mass is 409 g/mol. The highest BCUT2D eigenvalue weighted by Gasteiger charge is 2.35. The lowest BCUT2D eigenvalue weighted by Gasteiger charge is -2.38. The van der Waals surface area contributed by atoms with Crippen LogP contribution in [0.3, 0.4) is 0 Å². The smallest absolute Gasteiger partial charge is 0.433 e. The van der Waals surface area contributed by atoms with Gasteiger partial charge in [0.25, 0.3) is 5.22 Å². The van der Waals surface area contributed by atoms with Crippen molar-refractivity contribution in [3.8, 4) is 5.88 Å². The Kier molecular flexibility index (Phi) is 4.88. The van der Waals surface area contributed by atoms with Crippen molar-refractivity contribution in [2.75, 3.05) is 18.8 Å². The quantitative estimate of drug-likeness (QED) is 0.600. The van der Waals surface area contributed by atoms with Crippen LogP contribution in [-0.4, -0.2) is 45.7 Å². The van der Waals surface area contributed by atoms with Gasteiger partial charge in [0.2, 0.25) is 11.8 Å². The molecular weight excluding hydrogens is 395 g/mol. The summed E-state index contributed by atoms with van der Waals surface area (Å²) in [4.78, 5) is 21.5. The van der Waals surface area contributed by atoms with Gasteiger partial charge < -0.3 is 14.1 Å². The van der Waals surface area contributed by atoms with Gasteiger partial charge in [-0.05, 0) is 18.2 Å². The Labute approximate surface area is 161 Å². The minimum Gasteiger partial charge on any atom is -0.471 e. The second-order valence-electron chi connectivity index (χ2n) is 6.13. The first-order chi connectivity index (χ1) is 13.4. The van der Waals surface area contributed by atoms with E-state index < -0.39 is 11.9 Å². The number of rotatable bonds is 5. The highest BCUT2D eigenvalue weighted by molar-refractivity contribution is 7.99. The maximum Gasteiger partial charge on any atom is 0.433 e. The number of nitrogens with zero attached hydrogens (tertiary/aromatic N) is 3. The van der Waals surface area contributed by atoms with Crippen LogP contribution in [-0.2, 0) is 11.0 Å². The number of ether oxygens (including phenoxy) is 1. The first-order valence-electron chi connectivity index (χ1n) is 8.35. The van der Waals surface area contributed by atoms with Crippen LogP contribution in [0, 0.1) is 0 Å². The molecule has 1 amide bonds. The van der Waals surface area contributed by atoms with Crippen molar-refractivity contribution >= 4 is 28.8 Å². The molecule has 0 spiro atoms. The Morgan fingerprint density at radius 2 is 1.96 bits per heavy atom. The maximum atomic E-state index is 12.7. The zero-order valence-corrected chi connectivity index (χ0v) is 15.2. The van der Waals surface area contributed by atoms with E-state index in [4.69, 9.17) is 9.15 Å². The van der Waals surface area contributed by atoms with E-state index in [2.05, 4.69) is 9.97 Å². The van der Waals surface area contributed by atoms with Crippen molar-refractivity contribution in [3.05, 3.63) is 48.2 Å². The van der Waals surface area contributed by atoms with Crippen molar-refractivity contribution in [1.82, 2.24) is 14.9 Å². The summed E-state index contributed by atoms with van der Waals surface area (Å²) < 4.78 is 49.0. The van der Waals surface area contributed by atoms with Gasteiger partial charge in [-0.25, -0.2) is 9.97 Å². The van der Waals surface area contributed by atoms with Gasteiger partial charge in [0.05, 0.1) is 18.8 Å². The molecule has 0 unspecified atom stereocenters. The summed E-state index contributed by atoms with van der Waals surface area (Å²) in [6.45, 7) is 0.593. The number of benzene rings is 1. The predicted octanol–water partition coefficient (Wildman–Crippen LogP) is 3.62. The normalized spacial score (nSPS) is 14.9. The van der Waals surface area contributed by atoms with Crippen LogP contribution in [0.2, 0.25) is 0 Å². The topological polar surface area (TPSA) is 68.5 Å². The average Bonchev–Trinajstić information content (AvgIpc) is 3.05. The number of para-hydroxylation sites is 2. The first kappa shape index (κ1) is 18.6. The molecule has 0 aliphatic carbocycles. The summed E-state index contributed by atoms with van der Waals surface area (Å²) in [6.07, 6.45) is -4.91. The largest absolute Gasteiger partial charge is 0.471 e. The standard InChI is InChI=1S/C18H14F3N3O3S/c19-18(20,21)14-6-3-7-15(23-14)26-11-8-24(9-11)16(25)10-28-17-22-12-4-1-2-5-13(12)27-17/h1-7,11H,8-10H2. The number of hydrogen-bond acceptors (Lipinski definition) is 6. The minimum absolute atomic E-state index is 0.104. The fraction of sp³-hybridized carbons (Fsp3) is 0.278. The van der Waals surface area contributed by atoms with E-state index in [-0.39, 0.29) is 23.6 Å². The van der Waals surface area contributed by atoms with Gasteiger partial charge in [-0.1, -0.05) is 30.0 Å². The number of hydrogen-bond donors (Lipinski definition) is 0. The molecule has 0 atom stereocenters. The van der Waals surface area contributed by atoms with E-state index in [1.54, 1.807) is 11.0 Å². The van der Waals surface area contributed by atoms with Crippen LogP contribution in [0.5, 0.6) is 5.88 Å². The molecule has 0 N–H and O–H groups in total. The van der Waals surface area contributed by atoms with E-state index in [1.165, 1.54) is 23.9 Å². The number of pyridine rings is 1. The van der Waals surface area contributed by atoms with Crippen LogP contribution in [0.1, 0.15) is 5.69 Å². The van der Waals surface area contributed by atoms with Gasteiger partial charge >= 0.3 is 6.18 Å². The van der Waals surface area contributed by atoms with Crippen LogP contribution in [0.25, 0.3) is 11.1 Å². The molecule has 1 saturated heterocycles. The molecule has 1 aromatic carbocycles. The third-order valence-electron chi connectivity index (χ3n) is 4.10. The minimum atomic E-state index is -4.52. The molecule has 2 aromatic heterocycles. The van der Waals surface area contributed by atoms with Crippen molar-refractivity contribution in [3.63, 3.8) is 0 Å². The fourth-order valence-electron chi connectivity index (χ4n) is 2.65. The van der Waals surface area contributed by atoms with Crippen molar-refractivity contribution < 1.29 is 27.1 Å². The number of amides is 1. The fourth-order valence-corrected chi connectivity index (χ4v) is 3.39. The SMILES string of the molecule is O=C(CSc1nc2ccccc2o1)N1CC(Oc2cccc(C(F)(F)F)n2)C1. The Morgan fingerprint density at radius 3 is 2.71 bits per heavy atom. The molecule has 0 bridgehead atoms. The lowest BCUT2D eigenvalue weighted by Crippen LogP contribution is -2.56. The van der Waals surface area contributed by atoms with E-state index in [0.717, 1.165) is 11.6 Å². The van der Waals surface area contributed by atoms with E-state index >= 15 is 0 Å². The third-order valence-corrected chi connectivity index (χ3v) is 4.91. The van der Waals surface area contributed by atoms with Crippen molar-refractivity contribution in [1.29, 1.82) is 0 Å². The zero-order valence-electron chi connectivity index (χ0n) is 14.3. The van der Waals surface area contributed by atoms with Gasteiger partial charge in [0, 0.05) is 6.07 Å². The summed E-state index contributed by atoms with van der Waals surface area (Å²) in [5.74, 6) is -0.0710. The highest BCUT2D eigenvalue weighted by Crippen LogP contribution is 2.29. The van der Waals surface area contributed by atoms with E-state index in [9.17, 15) is 18.0 Å². The third kappa shape index (κ3) is 4.06. The van der Waals surface area contributed by atoms with Crippen LogP contribution in [0.15, 0.2) is 52.1 Å². The number of carbonyl (C=O) groups excluding carboxylic acids is 1. The predicted molar refractivity (Wildman–Crippen MR) is 95.0 cm³/mol. The highest BCUT2D eigenvalue weighted by atomic mass is 32.2. The molecule has 146 valence electrons. The number of aromatic nitrogens is 2. The summed E-state index contributed by atoms with van der Waals surface area (Å²) in [7, 11) is 0. The molecule has 1 aliphatic heterocycles. The maximum absolute atomic E-state index is 12.7. The van der Waals surface area contributed by atoms with Gasteiger partial charge in [0.15, 0.2) is 5.58 Å². The number of fused-ring (bicyclic) bond motifs is 1. The van der Waals surface area contributed by atoms with Gasteiger partial charge in [-0.15, -0.1) is 0 Å². The Morgan fingerprint density at radius 1 is 1.18 bits per heavy atom. The second-order valence-corrected chi connectivity index (χ2v) is 7.06. The summed E-state index contributed by atoms with van der Waals surface area (Å²) >= 11 is 1.19. The molecule has 10 heteroatoms. The number of carbonyl (C=O) groups is 1. The summed E-state index contributed by atoms with van der Waals surface area (Å²) in [6, 6.07) is 10.8. The number of oxazole rings is 1. The first-order valence-corrected chi connectivity index (χ1v) is 9.34. The van der Waals surface area contributed by atoms with Crippen molar-refractivity contribution in [2.24, 2.45) is 0 Å². The lowest BCUT2D eigenvalue weighted by molar-refractivity contribution is -0.141. The zero-order chi connectivity index (χ0) is 19.7. The van der Waals surface area contributed by atoms with E-state index in [1.807, 2.05) is 18.2 Å². The number of likely N-dealkylation sites (tertiary alicyclic amines) is 1. The number of thioether (sulfide) groups is 1. The van der Waals surface area contributed by atoms with Gasteiger partial charge in [-0.2, -0.15) is 13.2 Å². The molecule has 0 radical (unpaired) electrons. The number of alkyl halides is 3. The molecule has 28 heavy (non-hydrogen) atoms. The second kappa shape index (κ2) is 7.34. The molecule has 1 aliphatic rings.